The quantitative estimate of drug-likeness (QED) is 0.147. The molecule has 222 valence electrons. The normalized spacial score (nSPS) is 13.9. The molecule has 0 saturated heterocycles. The topological polar surface area (TPSA) is 126 Å². The number of rotatable bonds is 13. The van der Waals surface area contributed by atoms with Gasteiger partial charge >= 0.3 is 0 Å². The lowest BCUT2D eigenvalue weighted by molar-refractivity contribution is -0.125. The Bertz CT molecular complexity index is 1590. The Morgan fingerprint density at radius 3 is 2.47 bits per heavy atom. The van der Waals surface area contributed by atoms with Crippen LogP contribution in [0.4, 0.5) is 17.1 Å². The van der Waals surface area contributed by atoms with Crippen molar-refractivity contribution in [2.45, 2.75) is 42.5 Å². The fraction of sp³-hybridized carbons (Fsp3) is 0.250. The van der Waals surface area contributed by atoms with Gasteiger partial charge in [-0.3, -0.25) is 24.0 Å². The summed E-state index contributed by atoms with van der Waals surface area (Å²) in [5.41, 5.74) is 1.78. The maximum atomic E-state index is 14.2. The second-order valence-corrected chi connectivity index (χ2v) is 11.2. The minimum Gasteiger partial charge on any atom is -0.489 e. The number of anilines is 3. The van der Waals surface area contributed by atoms with Crippen molar-refractivity contribution in [2.24, 2.45) is 7.05 Å². The van der Waals surface area contributed by atoms with Crippen LogP contribution in [-0.4, -0.2) is 45.0 Å². The predicted octanol–water partition coefficient (Wildman–Crippen LogP) is 4.92. The van der Waals surface area contributed by atoms with Crippen LogP contribution in [-0.2, 0) is 28.0 Å². The highest BCUT2D eigenvalue weighted by Crippen LogP contribution is 2.41. The van der Waals surface area contributed by atoms with E-state index in [9.17, 15) is 19.5 Å². The lowest BCUT2D eigenvalue weighted by Gasteiger charge is -2.32. The zero-order valence-corrected chi connectivity index (χ0v) is 24.7. The number of carbonyl (C=O) groups excluding carboxylic acids is 3. The first kappa shape index (κ1) is 29.9. The van der Waals surface area contributed by atoms with Crippen LogP contribution >= 0.6 is 11.8 Å². The smallest absolute Gasteiger partial charge is 0.253 e. The summed E-state index contributed by atoms with van der Waals surface area (Å²) in [7, 11) is 1.72. The number of aliphatic hydroxyl groups is 1. The monoisotopic (exact) mass is 599 g/mol. The first-order valence-corrected chi connectivity index (χ1v) is 15.0. The number of nitrogens with one attached hydrogen (secondary N) is 2. The van der Waals surface area contributed by atoms with Crippen molar-refractivity contribution in [3.05, 3.63) is 96.2 Å². The standard InChI is InChI=1S/C32H33N5O5S/c1-36-27(18-28(35-36)43-2)30(31(40)34-23-11-13-26(14-12-23)42-20-22-7-4-3-5-8-22)37(29(39)19-32(41)15-16-32)25-10-6-9-24(17-25)33-21-38/h3-14,17-18,21,30,41H,15-16,19-20H2,1-2H3,(H,33,38)(H,34,40). The van der Waals surface area contributed by atoms with Gasteiger partial charge in [0.2, 0.25) is 12.3 Å². The highest BCUT2D eigenvalue weighted by Gasteiger charge is 2.45. The number of aryl methyl sites for hydroxylation is 1. The fourth-order valence-corrected chi connectivity index (χ4v) is 5.16. The summed E-state index contributed by atoms with van der Waals surface area (Å²) in [6, 6.07) is 24.1. The first-order chi connectivity index (χ1) is 20.8. The van der Waals surface area contributed by atoms with E-state index < -0.39 is 23.5 Å². The SMILES string of the molecule is CSc1cc(C(C(=O)Nc2ccc(OCc3ccccc3)cc2)N(C(=O)CC2(O)CC2)c2cccc(NC=O)c2)n(C)n1. The number of nitrogens with zero attached hydrogens (tertiary/aromatic N) is 3. The van der Waals surface area contributed by atoms with Gasteiger partial charge in [0.1, 0.15) is 17.4 Å². The van der Waals surface area contributed by atoms with E-state index in [1.54, 1.807) is 66.3 Å². The highest BCUT2D eigenvalue weighted by molar-refractivity contribution is 7.98. The third kappa shape index (κ3) is 7.43. The lowest BCUT2D eigenvalue weighted by atomic mass is 10.1. The van der Waals surface area contributed by atoms with Crippen molar-refractivity contribution in [3.8, 4) is 5.75 Å². The number of carbonyl (C=O) groups is 3. The molecule has 1 saturated carbocycles. The van der Waals surface area contributed by atoms with E-state index in [4.69, 9.17) is 4.74 Å². The molecular formula is C32H33N5O5S. The molecule has 1 aromatic heterocycles. The molecule has 1 aliphatic rings. The summed E-state index contributed by atoms with van der Waals surface area (Å²) in [4.78, 5) is 40.6. The van der Waals surface area contributed by atoms with Gasteiger partial charge in [-0.05, 0) is 73.2 Å². The van der Waals surface area contributed by atoms with Gasteiger partial charge in [-0.2, -0.15) is 5.10 Å². The van der Waals surface area contributed by atoms with Crippen molar-refractivity contribution >= 4 is 47.0 Å². The second-order valence-electron chi connectivity index (χ2n) is 10.4. The summed E-state index contributed by atoms with van der Waals surface area (Å²) in [5, 5.41) is 21.4. The third-order valence-corrected chi connectivity index (χ3v) is 7.80. The van der Waals surface area contributed by atoms with Crippen LogP contribution in [0.3, 0.4) is 0 Å². The van der Waals surface area contributed by atoms with Crippen LogP contribution in [0.1, 0.15) is 36.6 Å². The number of benzene rings is 3. The summed E-state index contributed by atoms with van der Waals surface area (Å²) < 4.78 is 7.46. The molecule has 11 heteroatoms. The number of hydrogen-bond acceptors (Lipinski definition) is 7. The Balaban J connectivity index is 1.46. The summed E-state index contributed by atoms with van der Waals surface area (Å²) in [6.07, 6.45) is 3.29. The van der Waals surface area contributed by atoms with E-state index in [-0.39, 0.29) is 6.42 Å². The van der Waals surface area contributed by atoms with Crippen LogP contribution in [0.25, 0.3) is 0 Å². The van der Waals surface area contributed by atoms with E-state index in [2.05, 4.69) is 15.7 Å². The highest BCUT2D eigenvalue weighted by atomic mass is 32.2. The van der Waals surface area contributed by atoms with Crippen molar-refractivity contribution in [1.82, 2.24) is 9.78 Å². The third-order valence-electron chi connectivity index (χ3n) is 7.19. The second kappa shape index (κ2) is 13.1. The molecule has 3 N–H and O–H groups in total. The van der Waals surface area contributed by atoms with Crippen LogP contribution in [0.5, 0.6) is 5.75 Å². The van der Waals surface area contributed by atoms with E-state index in [0.29, 0.717) is 59.4 Å². The Morgan fingerprint density at radius 1 is 1.07 bits per heavy atom. The van der Waals surface area contributed by atoms with Gasteiger partial charge < -0.3 is 20.5 Å². The maximum Gasteiger partial charge on any atom is 0.253 e. The zero-order chi connectivity index (χ0) is 30.4. The first-order valence-electron chi connectivity index (χ1n) is 13.8. The van der Waals surface area contributed by atoms with Gasteiger partial charge in [-0.1, -0.05) is 36.4 Å². The molecule has 1 atom stereocenters. The Kier molecular flexibility index (Phi) is 9.13. The van der Waals surface area contributed by atoms with Crippen molar-refractivity contribution < 1.29 is 24.2 Å². The van der Waals surface area contributed by atoms with Gasteiger partial charge in [0.25, 0.3) is 5.91 Å². The number of amides is 3. The number of hydrogen-bond donors (Lipinski definition) is 3. The minimum absolute atomic E-state index is 0.150. The van der Waals surface area contributed by atoms with E-state index in [1.807, 2.05) is 36.6 Å². The molecular weight excluding hydrogens is 566 g/mol. The molecule has 10 nitrogen and oxygen atoms in total. The van der Waals surface area contributed by atoms with Crippen molar-refractivity contribution in [1.29, 1.82) is 0 Å². The Morgan fingerprint density at radius 2 is 1.81 bits per heavy atom. The summed E-state index contributed by atoms with van der Waals surface area (Å²) >= 11 is 1.42. The molecule has 0 radical (unpaired) electrons. The van der Waals surface area contributed by atoms with E-state index >= 15 is 0 Å². The lowest BCUT2D eigenvalue weighted by Crippen LogP contribution is -2.43. The van der Waals surface area contributed by atoms with Gasteiger partial charge in [-0.25, -0.2) is 0 Å². The molecule has 0 aliphatic heterocycles. The maximum absolute atomic E-state index is 14.2. The van der Waals surface area contributed by atoms with Gasteiger partial charge in [0, 0.05) is 24.1 Å². The molecule has 3 aromatic carbocycles. The van der Waals surface area contributed by atoms with Gasteiger partial charge in [0.05, 0.1) is 17.7 Å². The molecule has 1 aliphatic carbocycles. The van der Waals surface area contributed by atoms with Crippen LogP contribution in [0, 0.1) is 0 Å². The Hall–Kier alpha value is -4.61. The van der Waals surface area contributed by atoms with Crippen molar-refractivity contribution in [3.63, 3.8) is 0 Å². The number of aromatic nitrogens is 2. The average Bonchev–Trinajstić information content (AvgIpc) is 3.61. The molecule has 0 spiro atoms. The summed E-state index contributed by atoms with van der Waals surface area (Å²) in [5.74, 6) is -0.262. The predicted molar refractivity (Wildman–Crippen MR) is 166 cm³/mol. The molecule has 5 rings (SSSR count). The molecule has 1 fully saturated rings. The van der Waals surface area contributed by atoms with Crippen LogP contribution in [0.2, 0.25) is 0 Å². The van der Waals surface area contributed by atoms with E-state index in [1.165, 1.54) is 16.7 Å². The number of ether oxygens (including phenoxy) is 1. The van der Waals surface area contributed by atoms with Gasteiger partial charge in [0.15, 0.2) is 6.04 Å². The van der Waals surface area contributed by atoms with Crippen LogP contribution < -0.4 is 20.3 Å². The number of thioether (sulfide) groups is 1. The molecule has 4 aromatic rings. The summed E-state index contributed by atoms with van der Waals surface area (Å²) in [6.45, 7) is 0.411. The molecule has 3 amide bonds. The zero-order valence-electron chi connectivity index (χ0n) is 23.9. The molecule has 0 bridgehead atoms. The van der Waals surface area contributed by atoms with E-state index in [0.717, 1.165) is 5.56 Å². The Labute approximate surface area is 254 Å². The fourth-order valence-electron chi connectivity index (χ4n) is 4.72. The molecule has 1 heterocycles. The molecule has 1 unspecified atom stereocenters. The van der Waals surface area contributed by atoms with Crippen LogP contribution in [0.15, 0.2) is 90.0 Å². The molecule has 43 heavy (non-hydrogen) atoms. The van der Waals surface area contributed by atoms with Gasteiger partial charge in [-0.15, -0.1) is 11.8 Å². The minimum atomic E-state index is -1.14. The average molecular weight is 600 g/mol. The van der Waals surface area contributed by atoms with Crippen molar-refractivity contribution in [2.75, 3.05) is 21.8 Å². The largest absolute Gasteiger partial charge is 0.489 e.